The molecule has 3 heteroatoms. The summed E-state index contributed by atoms with van der Waals surface area (Å²) in [7, 11) is 0. The third-order valence-electron chi connectivity index (χ3n) is 2.80. The van der Waals surface area contributed by atoms with Crippen molar-refractivity contribution in [2.45, 2.75) is 13.8 Å². The quantitative estimate of drug-likeness (QED) is 0.427. The summed E-state index contributed by atoms with van der Waals surface area (Å²) in [5, 5.41) is 0. The van der Waals surface area contributed by atoms with Crippen LogP contribution < -0.4 is 9.97 Å². The van der Waals surface area contributed by atoms with E-state index in [1.165, 1.54) is 0 Å². The molecule has 0 unspecified atom stereocenters. The van der Waals surface area contributed by atoms with E-state index in [1.807, 2.05) is 26.0 Å². The number of aromatic nitrogens is 2. The molecule has 0 amide bonds. The minimum absolute atomic E-state index is 0. The summed E-state index contributed by atoms with van der Waals surface area (Å²) in [4.78, 5) is 9.16. The third kappa shape index (κ3) is 2.10. The zero-order valence-electron chi connectivity index (χ0n) is 9.67. The largest absolute Gasteiger partial charge is 4.00 e. The minimum atomic E-state index is 0. The SMILES string of the molecule is Cc1ccc2ccc3ccc(C)[n-][c-]-3[c-]-2[n-]1.[Pt+4]. The summed E-state index contributed by atoms with van der Waals surface area (Å²) in [5.74, 6) is 0. The van der Waals surface area contributed by atoms with Crippen LogP contribution in [-0.2, 0) is 21.1 Å². The van der Waals surface area contributed by atoms with Gasteiger partial charge < -0.3 is 21.4 Å². The second-order valence-electron chi connectivity index (χ2n) is 4.11. The van der Waals surface area contributed by atoms with E-state index >= 15 is 0 Å². The van der Waals surface area contributed by atoms with Crippen LogP contribution in [-0.4, -0.2) is 0 Å². The molecule has 1 aliphatic carbocycles. The van der Waals surface area contributed by atoms with E-state index in [4.69, 9.17) is 0 Å². The van der Waals surface area contributed by atoms with Crippen molar-refractivity contribution < 1.29 is 21.1 Å². The van der Waals surface area contributed by atoms with E-state index < -0.39 is 0 Å². The van der Waals surface area contributed by atoms with Crippen molar-refractivity contribution in [1.29, 1.82) is 0 Å². The van der Waals surface area contributed by atoms with Gasteiger partial charge in [-0.1, -0.05) is 13.8 Å². The molecule has 0 radical (unpaired) electrons. The smallest absolute Gasteiger partial charge is 0.745 e. The number of hydrogen-bond acceptors (Lipinski definition) is 0. The van der Waals surface area contributed by atoms with E-state index in [0.29, 0.717) is 0 Å². The van der Waals surface area contributed by atoms with Crippen LogP contribution in [0.3, 0.4) is 0 Å². The first-order chi connectivity index (χ1) is 7.74. The number of aryl methyl sites for hydroxylation is 2. The first-order valence-electron chi connectivity index (χ1n) is 5.38. The molecule has 2 heterocycles. The molecule has 2 nitrogen and oxygen atoms in total. The molecule has 0 spiro atoms. The van der Waals surface area contributed by atoms with Crippen molar-refractivity contribution in [1.82, 2.24) is 9.97 Å². The summed E-state index contributed by atoms with van der Waals surface area (Å²) >= 11 is 0. The Morgan fingerprint density at radius 1 is 0.706 bits per heavy atom. The fourth-order valence-corrected chi connectivity index (χ4v) is 1.96. The Morgan fingerprint density at radius 2 is 1.06 bits per heavy atom. The normalized spacial score (nSPS) is 10.5. The van der Waals surface area contributed by atoms with Gasteiger partial charge in [0.1, 0.15) is 0 Å². The molecular formula is C14H12N2Pt. The van der Waals surface area contributed by atoms with Crippen molar-refractivity contribution in [3.05, 3.63) is 47.8 Å². The fourth-order valence-electron chi connectivity index (χ4n) is 1.96. The minimum Gasteiger partial charge on any atom is -0.745 e. The van der Waals surface area contributed by atoms with Crippen LogP contribution in [0.5, 0.6) is 0 Å². The van der Waals surface area contributed by atoms with Crippen molar-refractivity contribution in [2.75, 3.05) is 0 Å². The Hall–Kier alpha value is -1.27. The van der Waals surface area contributed by atoms with E-state index in [9.17, 15) is 0 Å². The fraction of sp³-hybridized carbons (Fsp3) is 0.143. The Morgan fingerprint density at radius 3 is 1.47 bits per heavy atom. The Balaban J connectivity index is 0.00000108. The molecule has 0 atom stereocenters. The summed E-state index contributed by atoms with van der Waals surface area (Å²) in [6.07, 6.45) is 0. The van der Waals surface area contributed by atoms with E-state index in [2.05, 4.69) is 34.2 Å². The summed E-state index contributed by atoms with van der Waals surface area (Å²) in [6.45, 7) is 4.02. The van der Waals surface area contributed by atoms with Crippen molar-refractivity contribution >= 4 is 0 Å². The molecule has 3 aliphatic rings. The van der Waals surface area contributed by atoms with Crippen molar-refractivity contribution in [3.8, 4) is 22.5 Å². The molecule has 2 aliphatic heterocycles. The molecule has 0 saturated heterocycles. The van der Waals surface area contributed by atoms with Gasteiger partial charge in [-0.25, -0.2) is 22.5 Å². The number of hydrogen-bond donors (Lipinski definition) is 0. The first-order valence-corrected chi connectivity index (χ1v) is 5.38. The van der Waals surface area contributed by atoms with Crippen LogP contribution in [0.25, 0.3) is 22.5 Å². The Labute approximate surface area is 115 Å². The van der Waals surface area contributed by atoms with E-state index in [0.717, 1.165) is 33.9 Å². The maximum absolute atomic E-state index is 4.58. The molecule has 0 aromatic heterocycles. The average Bonchev–Trinajstić information content (AvgIpc) is 2.29. The van der Waals surface area contributed by atoms with Crippen molar-refractivity contribution in [2.24, 2.45) is 0 Å². The topological polar surface area (TPSA) is 28.2 Å². The standard InChI is InChI=1S/C14H12N2.Pt/c1-9-3-5-11-7-8-12-6-4-10(2)16-14(12)13(11)15-9;/h3-8H,1-2H3;/q-4;+4. The van der Waals surface area contributed by atoms with Gasteiger partial charge in [0.05, 0.1) is 0 Å². The van der Waals surface area contributed by atoms with Gasteiger partial charge in [-0.3, -0.25) is 0 Å². The van der Waals surface area contributed by atoms with E-state index in [-0.39, 0.29) is 21.1 Å². The molecule has 0 N–H and O–H groups in total. The number of fused-ring (bicyclic) bond motifs is 3. The van der Waals surface area contributed by atoms with Gasteiger partial charge >= 0.3 is 21.1 Å². The van der Waals surface area contributed by atoms with Crippen molar-refractivity contribution in [3.63, 3.8) is 0 Å². The second kappa shape index (κ2) is 4.54. The predicted molar refractivity (Wildman–Crippen MR) is 64.6 cm³/mol. The maximum Gasteiger partial charge on any atom is 4.00 e. The van der Waals surface area contributed by atoms with Gasteiger partial charge in [0.2, 0.25) is 0 Å². The third-order valence-corrected chi connectivity index (χ3v) is 2.80. The summed E-state index contributed by atoms with van der Waals surface area (Å²) < 4.78 is 0. The van der Waals surface area contributed by atoms with Crippen LogP contribution in [0, 0.1) is 13.8 Å². The molecular weight excluding hydrogens is 391 g/mol. The number of rotatable bonds is 0. The van der Waals surface area contributed by atoms with Gasteiger partial charge in [0, 0.05) is 0 Å². The molecule has 0 bridgehead atoms. The Kier molecular flexibility index (Phi) is 3.26. The van der Waals surface area contributed by atoms with Crippen LogP contribution in [0.15, 0.2) is 36.4 Å². The van der Waals surface area contributed by atoms with Gasteiger partial charge in [-0.15, -0.1) is 0 Å². The van der Waals surface area contributed by atoms with Crippen LogP contribution in [0.4, 0.5) is 0 Å². The molecule has 0 saturated carbocycles. The Bertz CT molecular complexity index is 553. The molecule has 3 rings (SSSR count). The second-order valence-corrected chi connectivity index (χ2v) is 4.11. The maximum atomic E-state index is 4.58. The number of benzene rings is 1. The monoisotopic (exact) mass is 403 g/mol. The predicted octanol–water partition coefficient (Wildman–Crippen LogP) is 2.99. The zero-order chi connectivity index (χ0) is 11.1. The van der Waals surface area contributed by atoms with Gasteiger partial charge in [-0.2, -0.15) is 36.4 Å². The van der Waals surface area contributed by atoms with Gasteiger partial charge in [0.25, 0.3) is 0 Å². The van der Waals surface area contributed by atoms with Gasteiger partial charge in [-0.05, 0) is 0 Å². The number of pyridine rings is 2. The van der Waals surface area contributed by atoms with Crippen LogP contribution in [0.2, 0.25) is 0 Å². The van der Waals surface area contributed by atoms with Gasteiger partial charge in [0.15, 0.2) is 0 Å². The first kappa shape index (κ1) is 12.2. The van der Waals surface area contributed by atoms with E-state index in [1.54, 1.807) is 0 Å². The van der Waals surface area contributed by atoms with Crippen LogP contribution >= 0.6 is 0 Å². The molecule has 0 fully saturated rings. The van der Waals surface area contributed by atoms with Crippen LogP contribution in [0.1, 0.15) is 11.4 Å². The zero-order valence-corrected chi connectivity index (χ0v) is 11.9. The molecule has 88 valence electrons. The average molecular weight is 403 g/mol. The summed E-state index contributed by atoms with van der Waals surface area (Å²) in [5.41, 5.74) is 6.36. The molecule has 17 heavy (non-hydrogen) atoms. The summed E-state index contributed by atoms with van der Waals surface area (Å²) in [6, 6.07) is 12.5. The number of nitrogens with zero attached hydrogens (tertiary/aromatic N) is 2. The molecule has 0 aromatic rings. The molecule has 0 aromatic carbocycles.